The van der Waals surface area contributed by atoms with Crippen LogP contribution in [0.1, 0.15) is 32.8 Å². The molecule has 3 aromatic carbocycles. The molecule has 0 aliphatic heterocycles. The van der Waals surface area contributed by atoms with E-state index in [1.165, 1.54) is 35.2 Å². The number of hydrogen-bond acceptors (Lipinski definition) is 4. The summed E-state index contributed by atoms with van der Waals surface area (Å²) in [5, 5.41) is 3.80. The number of carbonyl (C=O) groups excluding carboxylic acids is 2. The molecule has 0 saturated carbocycles. The number of amides is 2. The minimum absolute atomic E-state index is 0.00399. The lowest BCUT2D eigenvalue weighted by molar-refractivity contribution is -0.139. The van der Waals surface area contributed by atoms with E-state index < -0.39 is 28.5 Å². The van der Waals surface area contributed by atoms with E-state index in [9.17, 15) is 18.0 Å². The lowest BCUT2D eigenvalue weighted by atomic mass is 10.1. The lowest BCUT2D eigenvalue weighted by Crippen LogP contribution is -2.52. The van der Waals surface area contributed by atoms with Crippen LogP contribution in [-0.4, -0.2) is 43.8 Å². The van der Waals surface area contributed by atoms with Gasteiger partial charge in [0.25, 0.3) is 10.0 Å². The summed E-state index contributed by atoms with van der Waals surface area (Å²) in [5.41, 5.74) is 0.882. The molecule has 0 bridgehead atoms. The first kappa shape index (κ1) is 30.8. The summed E-state index contributed by atoms with van der Waals surface area (Å²) in [4.78, 5) is 28.3. The van der Waals surface area contributed by atoms with Gasteiger partial charge in [-0.2, -0.15) is 0 Å². The van der Waals surface area contributed by atoms with Crippen molar-refractivity contribution < 1.29 is 18.0 Å². The summed E-state index contributed by atoms with van der Waals surface area (Å²) >= 11 is 18.3. The standard InChI is InChI=1S/C28H30Cl3N3O4S/c1-4-19(2)32-28(36)20(3)33(17-21-10-12-22(29)13-11-21)27(35)18-34(23-14-15-25(30)26(31)16-23)39(37,38)24-8-6-5-7-9-24/h5-16,19-20H,4,17-18H2,1-3H3,(H,32,36)/t19-,20-/m1/s1. The molecular formula is C28H30Cl3N3O4S. The van der Waals surface area contributed by atoms with Crippen LogP contribution in [0, 0.1) is 0 Å². The fourth-order valence-electron chi connectivity index (χ4n) is 3.72. The molecule has 0 spiro atoms. The summed E-state index contributed by atoms with van der Waals surface area (Å²) in [5.74, 6) is -0.930. The average molecular weight is 611 g/mol. The predicted molar refractivity (Wildman–Crippen MR) is 157 cm³/mol. The van der Waals surface area contributed by atoms with Crippen molar-refractivity contribution in [2.24, 2.45) is 0 Å². The van der Waals surface area contributed by atoms with Crippen molar-refractivity contribution in [1.82, 2.24) is 10.2 Å². The number of sulfonamides is 1. The maximum atomic E-state index is 13.9. The van der Waals surface area contributed by atoms with Crippen molar-refractivity contribution in [3.63, 3.8) is 0 Å². The Bertz CT molecular complexity index is 1400. The van der Waals surface area contributed by atoms with Gasteiger partial charge in [-0.3, -0.25) is 13.9 Å². The number of nitrogens with zero attached hydrogens (tertiary/aromatic N) is 2. The van der Waals surface area contributed by atoms with Gasteiger partial charge in [-0.1, -0.05) is 72.1 Å². The molecule has 0 aromatic heterocycles. The largest absolute Gasteiger partial charge is 0.352 e. The number of rotatable bonds is 11. The third-order valence-corrected chi connectivity index (χ3v) is 9.01. The van der Waals surface area contributed by atoms with Crippen LogP contribution < -0.4 is 9.62 Å². The van der Waals surface area contributed by atoms with Gasteiger partial charge in [-0.25, -0.2) is 8.42 Å². The van der Waals surface area contributed by atoms with Gasteiger partial charge in [0.05, 0.1) is 20.6 Å². The van der Waals surface area contributed by atoms with Crippen LogP contribution in [-0.2, 0) is 26.2 Å². The number of nitrogens with one attached hydrogen (secondary N) is 1. The Balaban J connectivity index is 2.03. The molecule has 7 nitrogen and oxygen atoms in total. The number of carbonyl (C=O) groups is 2. The van der Waals surface area contributed by atoms with Crippen molar-refractivity contribution in [2.45, 2.75) is 50.7 Å². The number of anilines is 1. The molecule has 39 heavy (non-hydrogen) atoms. The number of halogens is 3. The highest BCUT2D eigenvalue weighted by Crippen LogP contribution is 2.31. The highest BCUT2D eigenvalue weighted by atomic mass is 35.5. The third kappa shape index (κ3) is 7.88. The molecular weight excluding hydrogens is 581 g/mol. The van der Waals surface area contributed by atoms with E-state index in [-0.39, 0.29) is 39.1 Å². The molecule has 2 atom stereocenters. The molecule has 208 valence electrons. The lowest BCUT2D eigenvalue weighted by Gasteiger charge is -2.32. The van der Waals surface area contributed by atoms with Gasteiger partial charge in [0, 0.05) is 17.6 Å². The Morgan fingerprint density at radius 3 is 2.13 bits per heavy atom. The van der Waals surface area contributed by atoms with E-state index in [4.69, 9.17) is 34.8 Å². The van der Waals surface area contributed by atoms with Crippen LogP contribution in [0.3, 0.4) is 0 Å². The Labute approximate surface area is 244 Å². The van der Waals surface area contributed by atoms with Crippen molar-refractivity contribution in [3.05, 3.63) is 93.4 Å². The first-order valence-corrected chi connectivity index (χ1v) is 14.9. The van der Waals surface area contributed by atoms with Crippen molar-refractivity contribution in [2.75, 3.05) is 10.8 Å². The van der Waals surface area contributed by atoms with Crippen LogP contribution in [0.4, 0.5) is 5.69 Å². The molecule has 3 rings (SSSR count). The zero-order valence-corrected chi connectivity index (χ0v) is 24.9. The van der Waals surface area contributed by atoms with Crippen LogP contribution in [0.2, 0.25) is 15.1 Å². The Morgan fingerprint density at radius 1 is 0.897 bits per heavy atom. The third-order valence-electron chi connectivity index (χ3n) is 6.24. The monoisotopic (exact) mass is 609 g/mol. The number of benzene rings is 3. The summed E-state index contributed by atoms with van der Waals surface area (Å²) in [6.07, 6.45) is 0.712. The summed E-state index contributed by atoms with van der Waals surface area (Å²) in [7, 11) is -4.19. The fraction of sp³-hybridized carbons (Fsp3) is 0.286. The first-order chi connectivity index (χ1) is 18.4. The van der Waals surface area contributed by atoms with E-state index in [0.717, 1.165) is 9.87 Å². The van der Waals surface area contributed by atoms with E-state index >= 15 is 0 Å². The van der Waals surface area contributed by atoms with Crippen LogP contribution in [0.5, 0.6) is 0 Å². The fourth-order valence-corrected chi connectivity index (χ4v) is 5.57. The van der Waals surface area contributed by atoms with Gasteiger partial charge >= 0.3 is 0 Å². The molecule has 2 amide bonds. The maximum Gasteiger partial charge on any atom is 0.264 e. The van der Waals surface area contributed by atoms with E-state index in [2.05, 4.69) is 5.32 Å². The van der Waals surface area contributed by atoms with E-state index in [1.807, 2.05) is 13.8 Å². The molecule has 11 heteroatoms. The van der Waals surface area contributed by atoms with Crippen LogP contribution in [0.25, 0.3) is 0 Å². The van der Waals surface area contributed by atoms with Crippen molar-refractivity contribution in [1.29, 1.82) is 0 Å². The average Bonchev–Trinajstić information content (AvgIpc) is 2.92. The molecule has 0 aliphatic rings. The molecule has 0 aliphatic carbocycles. The quantitative estimate of drug-likeness (QED) is 0.281. The maximum absolute atomic E-state index is 13.9. The second-order valence-corrected chi connectivity index (χ2v) is 12.2. The molecule has 0 radical (unpaired) electrons. The second kappa shape index (κ2) is 13.5. The topological polar surface area (TPSA) is 86.8 Å². The normalized spacial score (nSPS) is 12.9. The minimum Gasteiger partial charge on any atom is -0.352 e. The smallest absolute Gasteiger partial charge is 0.264 e. The zero-order chi connectivity index (χ0) is 28.7. The van der Waals surface area contributed by atoms with Crippen LogP contribution >= 0.6 is 34.8 Å². The zero-order valence-electron chi connectivity index (χ0n) is 21.8. The van der Waals surface area contributed by atoms with Crippen molar-refractivity contribution >= 4 is 62.3 Å². The molecule has 0 unspecified atom stereocenters. The predicted octanol–water partition coefficient (Wildman–Crippen LogP) is 6.17. The molecule has 0 heterocycles. The van der Waals surface area contributed by atoms with Gasteiger partial charge < -0.3 is 10.2 Å². The van der Waals surface area contributed by atoms with Gasteiger partial charge in [0.2, 0.25) is 11.8 Å². The highest BCUT2D eigenvalue weighted by Gasteiger charge is 2.33. The highest BCUT2D eigenvalue weighted by molar-refractivity contribution is 7.92. The molecule has 0 saturated heterocycles. The summed E-state index contributed by atoms with van der Waals surface area (Å²) < 4.78 is 28.5. The van der Waals surface area contributed by atoms with Gasteiger partial charge in [-0.15, -0.1) is 0 Å². The minimum atomic E-state index is -4.19. The van der Waals surface area contributed by atoms with Crippen molar-refractivity contribution in [3.8, 4) is 0 Å². The summed E-state index contributed by atoms with van der Waals surface area (Å²) in [6, 6.07) is 18.0. The van der Waals surface area contributed by atoms with Gasteiger partial charge in [0.1, 0.15) is 12.6 Å². The first-order valence-electron chi connectivity index (χ1n) is 12.3. The van der Waals surface area contributed by atoms with Crippen LogP contribution in [0.15, 0.2) is 77.7 Å². The molecule has 3 aromatic rings. The Hall–Kier alpha value is -2.78. The second-order valence-electron chi connectivity index (χ2n) is 9.07. The Morgan fingerprint density at radius 2 is 1.54 bits per heavy atom. The molecule has 1 N–H and O–H groups in total. The van der Waals surface area contributed by atoms with E-state index in [1.54, 1.807) is 49.4 Å². The number of hydrogen-bond donors (Lipinski definition) is 1. The van der Waals surface area contributed by atoms with Gasteiger partial charge in [-0.05, 0) is 68.3 Å². The molecule has 0 fully saturated rings. The van der Waals surface area contributed by atoms with Gasteiger partial charge in [0.15, 0.2) is 0 Å². The Kier molecular flexibility index (Phi) is 10.7. The summed E-state index contributed by atoms with van der Waals surface area (Å²) in [6.45, 7) is 4.90. The SMILES string of the molecule is CC[C@@H](C)NC(=O)[C@@H](C)N(Cc1ccc(Cl)cc1)C(=O)CN(c1ccc(Cl)c(Cl)c1)S(=O)(=O)c1ccccc1. The van der Waals surface area contributed by atoms with E-state index in [0.29, 0.717) is 11.4 Å².